The van der Waals surface area contributed by atoms with Crippen molar-refractivity contribution in [3.05, 3.63) is 17.5 Å². The van der Waals surface area contributed by atoms with Crippen LogP contribution in [0.2, 0.25) is 0 Å². The minimum Gasteiger partial charge on any atom is -0.329 e. The van der Waals surface area contributed by atoms with Gasteiger partial charge in [-0.15, -0.1) is 6.42 Å². The molecule has 0 radical (unpaired) electrons. The Hall–Kier alpha value is -1.31. The summed E-state index contributed by atoms with van der Waals surface area (Å²) in [5, 5.41) is 7.89. The summed E-state index contributed by atoms with van der Waals surface area (Å²) in [6.07, 6.45) is 10.5. The van der Waals surface area contributed by atoms with Crippen LogP contribution < -0.4 is 11.1 Å². The average molecular weight is 248 g/mol. The van der Waals surface area contributed by atoms with E-state index in [1.165, 1.54) is 5.56 Å². The molecule has 0 aliphatic heterocycles. The van der Waals surface area contributed by atoms with Crippen molar-refractivity contribution >= 4 is 0 Å². The zero-order valence-electron chi connectivity index (χ0n) is 11.6. The minimum atomic E-state index is 0.0773. The molecule has 2 atom stereocenters. The molecule has 1 aromatic heterocycles. The van der Waals surface area contributed by atoms with E-state index in [0.717, 1.165) is 25.0 Å². The van der Waals surface area contributed by atoms with Gasteiger partial charge < -0.3 is 5.73 Å². The first-order valence-corrected chi connectivity index (χ1v) is 6.60. The van der Waals surface area contributed by atoms with Crippen molar-refractivity contribution in [3.63, 3.8) is 0 Å². The van der Waals surface area contributed by atoms with E-state index in [2.05, 4.69) is 30.2 Å². The molecular weight excluding hydrogens is 224 g/mol. The predicted molar refractivity (Wildman–Crippen MR) is 75.0 cm³/mol. The zero-order chi connectivity index (χ0) is 13.5. The van der Waals surface area contributed by atoms with E-state index in [0.29, 0.717) is 6.54 Å². The normalized spacial score (nSPS) is 14.2. The van der Waals surface area contributed by atoms with Gasteiger partial charge in [0.2, 0.25) is 0 Å². The maximum absolute atomic E-state index is 5.87. The standard InChI is InChI=1S/C14H24N4/c1-5-8-11(6-2)16-14(9-15)12-10-18(4)17-13(12)7-3/h2,10-11,14,16H,5,7-9,15H2,1,3-4H3. The second kappa shape index (κ2) is 7.20. The van der Waals surface area contributed by atoms with Crippen LogP contribution in [-0.2, 0) is 13.5 Å². The van der Waals surface area contributed by atoms with Gasteiger partial charge in [-0.3, -0.25) is 10.00 Å². The van der Waals surface area contributed by atoms with Gasteiger partial charge in [0.1, 0.15) is 0 Å². The molecule has 1 rings (SSSR count). The highest BCUT2D eigenvalue weighted by Crippen LogP contribution is 2.18. The van der Waals surface area contributed by atoms with Crippen molar-refractivity contribution in [1.29, 1.82) is 0 Å². The summed E-state index contributed by atoms with van der Waals surface area (Å²) in [6.45, 7) is 4.76. The fraction of sp³-hybridized carbons (Fsp3) is 0.643. The summed E-state index contributed by atoms with van der Waals surface area (Å²) in [5.74, 6) is 2.79. The molecule has 4 nitrogen and oxygen atoms in total. The van der Waals surface area contributed by atoms with Crippen molar-refractivity contribution in [2.24, 2.45) is 12.8 Å². The molecule has 0 aliphatic rings. The van der Waals surface area contributed by atoms with Gasteiger partial charge in [0, 0.05) is 31.4 Å². The summed E-state index contributed by atoms with van der Waals surface area (Å²) >= 11 is 0. The van der Waals surface area contributed by atoms with E-state index in [1.807, 2.05) is 17.9 Å². The topological polar surface area (TPSA) is 55.9 Å². The molecule has 0 saturated heterocycles. The highest BCUT2D eigenvalue weighted by molar-refractivity contribution is 5.22. The fourth-order valence-electron chi connectivity index (χ4n) is 2.15. The van der Waals surface area contributed by atoms with Gasteiger partial charge in [-0.05, 0) is 12.8 Å². The van der Waals surface area contributed by atoms with Crippen molar-refractivity contribution < 1.29 is 0 Å². The van der Waals surface area contributed by atoms with Gasteiger partial charge in [-0.2, -0.15) is 5.10 Å². The second-order valence-electron chi connectivity index (χ2n) is 4.52. The molecule has 0 aliphatic carbocycles. The molecule has 1 heterocycles. The highest BCUT2D eigenvalue weighted by atomic mass is 15.3. The average Bonchev–Trinajstić information content (AvgIpc) is 2.75. The Labute approximate surface area is 110 Å². The lowest BCUT2D eigenvalue weighted by Crippen LogP contribution is -2.36. The Kier molecular flexibility index (Phi) is 5.90. The van der Waals surface area contributed by atoms with E-state index in [9.17, 15) is 0 Å². The molecule has 0 fully saturated rings. The van der Waals surface area contributed by atoms with Crippen molar-refractivity contribution in [1.82, 2.24) is 15.1 Å². The van der Waals surface area contributed by atoms with Gasteiger partial charge >= 0.3 is 0 Å². The van der Waals surface area contributed by atoms with E-state index in [-0.39, 0.29) is 12.1 Å². The maximum atomic E-state index is 5.87. The fourth-order valence-corrected chi connectivity index (χ4v) is 2.15. The number of nitrogens with two attached hydrogens (primary N) is 1. The lowest BCUT2D eigenvalue weighted by atomic mass is 10.0. The Balaban J connectivity index is 2.85. The lowest BCUT2D eigenvalue weighted by Gasteiger charge is -2.21. The molecule has 0 saturated carbocycles. The van der Waals surface area contributed by atoms with Gasteiger partial charge in [0.05, 0.1) is 11.7 Å². The number of aryl methyl sites for hydroxylation is 2. The third kappa shape index (κ3) is 3.59. The molecule has 18 heavy (non-hydrogen) atoms. The van der Waals surface area contributed by atoms with Crippen LogP contribution in [0.25, 0.3) is 0 Å². The van der Waals surface area contributed by atoms with Gasteiger partial charge in [0.15, 0.2) is 0 Å². The van der Waals surface area contributed by atoms with Gasteiger partial charge in [0.25, 0.3) is 0 Å². The summed E-state index contributed by atoms with van der Waals surface area (Å²) in [5.41, 5.74) is 8.12. The van der Waals surface area contributed by atoms with Crippen molar-refractivity contribution in [3.8, 4) is 12.3 Å². The SMILES string of the molecule is C#CC(CCC)NC(CN)c1cn(C)nc1CC. The molecule has 100 valence electrons. The van der Waals surface area contributed by atoms with E-state index in [1.54, 1.807) is 0 Å². The number of nitrogens with one attached hydrogen (secondary N) is 1. The smallest absolute Gasteiger partial charge is 0.0692 e. The number of hydrogen-bond acceptors (Lipinski definition) is 3. The summed E-state index contributed by atoms with van der Waals surface area (Å²) in [4.78, 5) is 0. The molecule has 1 aromatic rings. The van der Waals surface area contributed by atoms with Crippen LogP contribution in [0.3, 0.4) is 0 Å². The Morgan fingerprint density at radius 1 is 1.56 bits per heavy atom. The number of rotatable bonds is 7. The van der Waals surface area contributed by atoms with Crippen LogP contribution in [0.4, 0.5) is 0 Å². The van der Waals surface area contributed by atoms with Crippen molar-refractivity contribution in [2.45, 2.75) is 45.2 Å². The predicted octanol–water partition coefficient (Wildman–Crippen LogP) is 1.37. The number of terminal acetylenes is 1. The zero-order valence-corrected chi connectivity index (χ0v) is 11.6. The Morgan fingerprint density at radius 2 is 2.28 bits per heavy atom. The minimum absolute atomic E-state index is 0.0773. The molecule has 3 N–H and O–H groups in total. The number of nitrogens with zero attached hydrogens (tertiary/aromatic N) is 2. The molecule has 0 bridgehead atoms. The summed E-state index contributed by atoms with van der Waals surface area (Å²) < 4.78 is 1.84. The van der Waals surface area contributed by atoms with Crippen LogP contribution in [-0.4, -0.2) is 22.4 Å². The monoisotopic (exact) mass is 248 g/mol. The van der Waals surface area contributed by atoms with Crippen LogP contribution >= 0.6 is 0 Å². The Bertz CT molecular complexity index is 402. The molecule has 4 heteroatoms. The number of aromatic nitrogens is 2. The first-order valence-electron chi connectivity index (χ1n) is 6.60. The van der Waals surface area contributed by atoms with Crippen LogP contribution in [0.1, 0.15) is 44.0 Å². The third-order valence-corrected chi connectivity index (χ3v) is 3.06. The molecule has 0 spiro atoms. The van der Waals surface area contributed by atoms with E-state index in [4.69, 9.17) is 12.2 Å². The van der Waals surface area contributed by atoms with Crippen LogP contribution in [0.15, 0.2) is 6.20 Å². The highest BCUT2D eigenvalue weighted by Gasteiger charge is 2.18. The first-order chi connectivity index (χ1) is 8.65. The molecular formula is C14H24N4. The van der Waals surface area contributed by atoms with Gasteiger partial charge in [-0.25, -0.2) is 0 Å². The lowest BCUT2D eigenvalue weighted by molar-refractivity contribution is 0.473. The molecule has 0 aromatic carbocycles. The third-order valence-electron chi connectivity index (χ3n) is 3.06. The Morgan fingerprint density at radius 3 is 2.78 bits per heavy atom. The number of hydrogen-bond donors (Lipinski definition) is 2. The van der Waals surface area contributed by atoms with Crippen LogP contribution in [0, 0.1) is 12.3 Å². The summed E-state index contributed by atoms with van der Waals surface area (Å²) in [7, 11) is 1.93. The molecule has 2 unspecified atom stereocenters. The quantitative estimate of drug-likeness (QED) is 0.717. The van der Waals surface area contributed by atoms with E-state index < -0.39 is 0 Å². The van der Waals surface area contributed by atoms with Gasteiger partial charge in [-0.1, -0.05) is 26.2 Å². The van der Waals surface area contributed by atoms with Crippen LogP contribution in [0.5, 0.6) is 0 Å². The summed E-state index contributed by atoms with van der Waals surface area (Å²) in [6, 6.07) is 0.162. The second-order valence-corrected chi connectivity index (χ2v) is 4.52. The maximum Gasteiger partial charge on any atom is 0.0692 e. The molecule has 0 amide bonds. The van der Waals surface area contributed by atoms with E-state index >= 15 is 0 Å². The first kappa shape index (κ1) is 14.7. The largest absolute Gasteiger partial charge is 0.329 e. The van der Waals surface area contributed by atoms with Crippen molar-refractivity contribution in [2.75, 3.05) is 6.54 Å².